The van der Waals surface area contributed by atoms with Crippen molar-refractivity contribution in [3.8, 4) is 0 Å². The van der Waals surface area contributed by atoms with Gasteiger partial charge in [-0.2, -0.15) is 13.2 Å². The minimum Gasteiger partial charge on any atom is -0.383 e. The number of likely N-dealkylation sites (N-methyl/N-ethyl adjacent to an activating group) is 1. The van der Waals surface area contributed by atoms with E-state index in [1.807, 2.05) is 6.92 Å². The number of hydrogen-bond acceptors (Lipinski definition) is 2. The van der Waals surface area contributed by atoms with E-state index in [1.165, 1.54) is 13.2 Å². The molecular weight excluding hydrogens is 250 g/mol. The number of methoxy groups -OCH3 is 1. The average molecular weight is 265 g/mol. The first-order chi connectivity index (χ1) is 8.40. The van der Waals surface area contributed by atoms with Crippen LogP contribution in [0.25, 0.3) is 0 Å². The van der Waals surface area contributed by atoms with Gasteiger partial charge in [0.1, 0.15) is 5.82 Å². The average Bonchev–Trinajstić information content (AvgIpc) is 2.27. The maximum absolute atomic E-state index is 13.4. The van der Waals surface area contributed by atoms with Gasteiger partial charge in [-0.05, 0) is 24.2 Å². The van der Waals surface area contributed by atoms with Crippen molar-refractivity contribution in [1.29, 1.82) is 0 Å². The van der Waals surface area contributed by atoms with Gasteiger partial charge in [0.15, 0.2) is 0 Å². The first-order valence-corrected chi connectivity index (χ1v) is 5.49. The van der Waals surface area contributed by atoms with Crippen LogP contribution in [0.2, 0.25) is 0 Å². The SMILES string of the molecule is CCNC(COC)c1ccc(C(F)(F)F)c(F)c1. The predicted octanol–water partition coefficient (Wildman–Crippen LogP) is 3.14. The van der Waals surface area contributed by atoms with Gasteiger partial charge in [0, 0.05) is 7.11 Å². The van der Waals surface area contributed by atoms with E-state index in [0.717, 1.165) is 12.1 Å². The first kappa shape index (κ1) is 14.9. The third-order valence-corrected chi connectivity index (χ3v) is 2.48. The van der Waals surface area contributed by atoms with Gasteiger partial charge in [0.25, 0.3) is 0 Å². The zero-order valence-corrected chi connectivity index (χ0v) is 10.1. The van der Waals surface area contributed by atoms with E-state index in [4.69, 9.17) is 4.74 Å². The molecule has 0 bridgehead atoms. The summed E-state index contributed by atoms with van der Waals surface area (Å²) in [6.45, 7) is 2.72. The summed E-state index contributed by atoms with van der Waals surface area (Å²) in [6.07, 6.45) is -4.67. The molecule has 2 nitrogen and oxygen atoms in total. The van der Waals surface area contributed by atoms with Crippen molar-refractivity contribution in [1.82, 2.24) is 5.32 Å². The van der Waals surface area contributed by atoms with Gasteiger partial charge in [-0.1, -0.05) is 13.0 Å². The summed E-state index contributed by atoms with van der Waals surface area (Å²) in [6, 6.07) is 2.59. The fourth-order valence-electron chi connectivity index (χ4n) is 1.66. The Morgan fingerprint density at radius 3 is 2.44 bits per heavy atom. The smallest absolute Gasteiger partial charge is 0.383 e. The van der Waals surface area contributed by atoms with Crippen LogP contribution < -0.4 is 5.32 Å². The van der Waals surface area contributed by atoms with Crippen LogP contribution in [-0.2, 0) is 10.9 Å². The summed E-state index contributed by atoms with van der Waals surface area (Å²) in [4.78, 5) is 0. The molecule has 0 heterocycles. The predicted molar refractivity (Wildman–Crippen MR) is 59.7 cm³/mol. The minimum absolute atomic E-state index is 0.263. The van der Waals surface area contributed by atoms with Gasteiger partial charge in [0.05, 0.1) is 18.2 Å². The first-order valence-electron chi connectivity index (χ1n) is 5.49. The number of benzene rings is 1. The van der Waals surface area contributed by atoms with Crippen molar-refractivity contribution in [2.45, 2.75) is 19.1 Å². The lowest BCUT2D eigenvalue weighted by atomic mass is 10.0. The monoisotopic (exact) mass is 265 g/mol. The van der Waals surface area contributed by atoms with Crippen LogP contribution in [0.3, 0.4) is 0 Å². The lowest BCUT2D eigenvalue weighted by molar-refractivity contribution is -0.140. The number of hydrogen-bond donors (Lipinski definition) is 1. The van der Waals surface area contributed by atoms with Crippen molar-refractivity contribution < 1.29 is 22.3 Å². The zero-order chi connectivity index (χ0) is 13.8. The fraction of sp³-hybridized carbons (Fsp3) is 0.500. The molecule has 0 saturated heterocycles. The summed E-state index contributed by atoms with van der Waals surface area (Å²) in [5.41, 5.74) is -0.817. The Bertz CT molecular complexity index is 386. The van der Waals surface area contributed by atoms with Crippen LogP contribution in [0, 0.1) is 5.82 Å². The summed E-state index contributed by atoms with van der Waals surface area (Å²) in [7, 11) is 1.48. The van der Waals surface area contributed by atoms with Crippen molar-refractivity contribution in [2.75, 3.05) is 20.3 Å². The third-order valence-electron chi connectivity index (χ3n) is 2.48. The molecule has 0 amide bonds. The summed E-state index contributed by atoms with van der Waals surface area (Å²) in [5.74, 6) is -1.26. The highest BCUT2D eigenvalue weighted by Gasteiger charge is 2.34. The van der Waals surface area contributed by atoms with Crippen LogP contribution >= 0.6 is 0 Å². The van der Waals surface area contributed by atoms with Gasteiger partial charge in [-0.25, -0.2) is 4.39 Å². The second-order valence-electron chi connectivity index (χ2n) is 3.80. The molecule has 0 radical (unpaired) electrons. The highest BCUT2D eigenvalue weighted by Crippen LogP contribution is 2.32. The second-order valence-corrected chi connectivity index (χ2v) is 3.80. The van der Waals surface area contributed by atoms with Crippen molar-refractivity contribution in [3.63, 3.8) is 0 Å². The quantitative estimate of drug-likeness (QED) is 0.826. The molecule has 1 rings (SSSR count). The molecule has 18 heavy (non-hydrogen) atoms. The number of alkyl halides is 3. The Balaban J connectivity index is 3.01. The molecule has 102 valence electrons. The molecule has 1 atom stereocenters. The molecular formula is C12H15F4NO. The van der Waals surface area contributed by atoms with Crippen LogP contribution in [0.4, 0.5) is 17.6 Å². The van der Waals surface area contributed by atoms with Gasteiger partial charge < -0.3 is 10.1 Å². The van der Waals surface area contributed by atoms with Gasteiger partial charge in [-0.15, -0.1) is 0 Å². The highest BCUT2D eigenvalue weighted by molar-refractivity contribution is 5.28. The van der Waals surface area contributed by atoms with E-state index in [1.54, 1.807) is 0 Å². The minimum atomic E-state index is -4.67. The van der Waals surface area contributed by atoms with Crippen LogP contribution in [0.15, 0.2) is 18.2 Å². The molecule has 0 fully saturated rings. The van der Waals surface area contributed by atoms with E-state index in [2.05, 4.69) is 5.32 Å². The highest BCUT2D eigenvalue weighted by atomic mass is 19.4. The van der Waals surface area contributed by atoms with E-state index in [9.17, 15) is 17.6 Å². The molecule has 1 aromatic rings. The Morgan fingerprint density at radius 2 is 2.00 bits per heavy atom. The summed E-state index contributed by atoms with van der Waals surface area (Å²) < 4.78 is 55.5. The van der Waals surface area contributed by atoms with E-state index >= 15 is 0 Å². The van der Waals surface area contributed by atoms with Crippen LogP contribution in [-0.4, -0.2) is 20.3 Å². The van der Waals surface area contributed by atoms with Gasteiger partial charge >= 0.3 is 6.18 Å². The van der Waals surface area contributed by atoms with Crippen molar-refractivity contribution >= 4 is 0 Å². The normalized spacial score (nSPS) is 13.7. The number of halogens is 4. The molecule has 6 heteroatoms. The van der Waals surface area contributed by atoms with E-state index in [-0.39, 0.29) is 12.6 Å². The van der Waals surface area contributed by atoms with Gasteiger partial charge in [-0.3, -0.25) is 0 Å². The lowest BCUT2D eigenvalue weighted by Crippen LogP contribution is -2.25. The Morgan fingerprint density at radius 1 is 1.33 bits per heavy atom. The largest absolute Gasteiger partial charge is 0.419 e. The number of ether oxygens (including phenoxy) is 1. The van der Waals surface area contributed by atoms with Gasteiger partial charge in [0.2, 0.25) is 0 Å². The van der Waals surface area contributed by atoms with E-state index in [0.29, 0.717) is 12.1 Å². The summed E-state index contributed by atoms with van der Waals surface area (Å²) >= 11 is 0. The van der Waals surface area contributed by atoms with Crippen LogP contribution in [0.1, 0.15) is 24.1 Å². The molecule has 1 N–H and O–H groups in total. The maximum Gasteiger partial charge on any atom is 0.419 e. The lowest BCUT2D eigenvalue weighted by Gasteiger charge is -2.18. The Labute approximate surface area is 103 Å². The van der Waals surface area contributed by atoms with Crippen molar-refractivity contribution in [3.05, 3.63) is 35.1 Å². The number of rotatable bonds is 5. The fourth-order valence-corrected chi connectivity index (χ4v) is 1.66. The maximum atomic E-state index is 13.4. The Kier molecular flexibility index (Phi) is 5.10. The molecule has 0 aliphatic carbocycles. The zero-order valence-electron chi connectivity index (χ0n) is 10.1. The topological polar surface area (TPSA) is 21.3 Å². The third kappa shape index (κ3) is 3.68. The molecule has 0 aliphatic rings. The molecule has 0 saturated carbocycles. The molecule has 0 aromatic heterocycles. The standard InChI is InChI=1S/C12H15F4NO/c1-3-17-11(7-18-2)8-4-5-9(10(13)6-8)12(14,15)16/h4-6,11,17H,3,7H2,1-2H3. The number of nitrogens with one attached hydrogen (secondary N) is 1. The molecule has 1 aromatic carbocycles. The molecule has 0 spiro atoms. The van der Waals surface area contributed by atoms with E-state index < -0.39 is 17.6 Å². The summed E-state index contributed by atoms with van der Waals surface area (Å²) in [5, 5.41) is 3.01. The Hall–Kier alpha value is -1.14. The van der Waals surface area contributed by atoms with Crippen molar-refractivity contribution in [2.24, 2.45) is 0 Å². The second kappa shape index (κ2) is 6.15. The molecule has 0 aliphatic heterocycles. The molecule has 1 unspecified atom stereocenters. The van der Waals surface area contributed by atoms with Crippen LogP contribution in [0.5, 0.6) is 0 Å².